The molecule has 2 aromatic carbocycles. The third kappa shape index (κ3) is 4.54. The molecule has 0 atom stereocenters. The molecule has 2 heterocycles. The van der Waals surface area contributed by atoms with Crippen LogP contribution in [0.4, 0.5) is 10.1 Å². The number of carbonyl (C=O) groups is 1. The number of imidazole rings is 1. The molecule has 0 aliphatic carbocycles. The van der Waals surface area contributed by atoms with Crippen LogP contribution in [0.15, 0.2) is 52.2 Å². The van der Waals surface area contributed by atoms with Gasteiger partial charge in [-0.25, -0.2) is 17.6 Å². The predicted molar refractivity (Wildman–Crippen MR) is 115 cm³/mol. The molecule has 0 spiro atoms. The number of aromatic nitrogens is 2. The van der Waals surface area contributed by atoms with Crippen LogP contribution in [0, 0.1) is 5.82 Å². The molecule has 1 aromatic heterocycles. The quantitative estimate of drug-likeness (QED) is 0.607. The van der Waals surface area contributed by atoms with E-state index in [9.17, 15) is 22.4 Å². The van der Waals surface area contributed by atoms with Gasteiger partial charge >= 0.3 is 5.69 Å². The standard InChI is InChI=1S/C21H23FN4O4S/c22-15-4-6-16(7-5-15)23-20(27)10-13-26-19-9-8-17(14-18(19)24-21(26)28)31(29,30)25-11-2-1-3-12-25/h4-9,14H,1-3,10-13H2,(H,23,27)(H,24,28). The molecule has 164 valence electrons. The maximum Gasteiger partial charge on any atom is 0.326 e. The Balaban J connectivity index is 1.50. The monoisotopic (exact) mass is 446 g/mol. The molecule has 1 aliphatic rings. The maximum absolute atomic E-state index is 13.0. The summed E-state index contributed by atoms with van der Waals surface area (Å²) in [6.45, 7) is 1.12. The molecule has 1 saturated heterocycles. The van der Waals surface area contributed by atoms with Crippen LogP contribution in [0.5, 0.6) is 0 Å². The molecule has 10 heteroatoms. The van der Waals surface area contributed by atoms with E-state index in [4.69, 9.17) is 0 Å². The number of carbonyl (C=O) groups excluding carboxylic acids is 1. The van der Waals surface area contributed by atoms with Gasteiger partial charge in [-0.05, 0) is 55.3 Å². The zero-order valence-electron chi connectivity index (χ0n) is 16.8. The van der Waals surface area contributed by atoms with Gasteiger partial charge in [0, 0.05) is 31.7 Å². The Bertz CT molecular complexity index is 1260. The summed E-state index contributed by atoms with van der Waals surface area (Å²) in [5, 5.41) is 2.65. The van der Waals surface area contributed by atoms with Crippen LogP contribution in [-0.2, 0) is 21.4 Å². The highest BCUT2D eigenvalue weighted by atomic mass is 32.2. The molecular formula is C21H23FN4O4S. The number of anilines is 1. The predicted octanol–water partition coefficient (Wildman–Crippen LogP) is 2.67. The number of piperidine rings is 1. The summed E-state index contributed by atoms with van der Waals surface area (Å²) >= 11 is 0. The van der Waals surface area contributed by atoms with Crippen LogP contribution in [0.1, 0.15) is 25.7 Å². The Labute approximate surface area is 178 Å². The number of hydrogen-bond donors (Lipinski definition) is 2. The fourth-order valence-corrected chi connectivity index (χ4v) is 5.29. The fraction of sp³-hybridized carbons (Fsp3) is 0.333. The lowest BCUT2D eigenvalue weighted by atomic mass is 10.2. The third-order valence-electron chi connectivity index (χ3n) is 5.39. The summed E-state index contributed by atoms with van der Waals surface area (Å²) in [4.78, 5) is 27.4. The van der Waals surface area contributed by atoms with Gasteiger partial charge in [0.05, 0.1) is 15.9 Å². The summed E-state index contributed by atoms with van der Waals surface area (Å²) < 4.78 is 41.6. The van der Waals surface area contributed by atoms with Gasteiger partial charge in [-0.1, -0.05) is 6.42 Å². The fourth-order valence-electron chi connectivity index (χ4n) is 3.75. The first-order valence-electron chi connectivity index (χ1n) is 10.1. The average Bonchev–Trinajstić information content (AvgIpc) is 3.08. The number of aromatic amines is 1. The molecule has 0 unspecified atom stereocenters. The van der Waals surface area contributed by atoms with Crippen molar-refractivity contribution in [2.75, 3.05) is 18.4 Å². The minimum atomic E-state index is -3.61. The minimum Gasteiger partial charge on any atom is -0.326 e. The number of nitrogens with one attached hydrogen (secondary N) is 2. The van der Waals surface area contributed by atoms with Crippen LogP contribution in [0.25, 0.3) is 11.0 Å². The van der Waals surface area contributed by atoms with E-state index in [-0.39, 0.29) is 23.8 Å². The van der Waals surface area contributed by atoms with Crippen molar-refractivity contribution >= 4 is 32.7 Å². The topological polar surface area (TPSA) is 104 Å². The first-order chi connectivity index (χ1) is 14.8. The number of nitrogens with zero attached hydrogens (tertiary/aromatic N) is 2. The molecule has 4 rings (SSSR count). The largest absolute Gasteiger partial charge is 0.326 e. The van der Waals surface area contributed by atoms with Crippen LogP contribution in [0.2, 0.25) is 0 Å². The van der Waals surface area contributed by atoms with Crippen molar-refractivity contribution in [2.24, 2.45) is 0 Å². The van der Waals surface area contributed by atoms with Crippen LogP contribution < -0.4 is 11.0 Å². The summed E-state index contributed by atoms with van der Waals surface area (Å²) in [5.41, 5.74) is 0.974. The van der Waals surface area contributed by atoms with E-state index >= 15 is 0 Å². The molecule has 8 nitrogen and oxygen atoms in total. The van der Waals surface area contributed by atoms with Gasteiger partial charge in [-0.2, -0.15) is 4.31 Å². The van der Waals surface area contributed by atoms with Gasteiger partial charge in [0.2, 0.25) is 15.9 Å². The molecule has 3 aromatic rings. The van der Waals surface area contributed by atoms with E-state index in [1.807, 2.05) is 0 Å². The molecule has 31 heavy (non-hydrogen) atoms. The van der Waals surface area contributed by atoms with Gasteiger partial charge in [-0.15, -0.1) is 0 Å². The van der Waals surface area contributed by atoms with Crippen LogP contribution in [0.3, 0.4) is 0 Å². The molecule has 1 fully saturated rings. The number of H-pyrrole nitrogens is 1. The molecule has 1 amide bonds. The number of aryl methyl sites for hydroxylation is 1. The van der Waals surface area contributed by atoms with E-state index in [0.29, 0.717) is 29.8 Å². The number of benzene rings is 2. The normalized spacial score (nSPS) is 15.3. The first kappa shape index (κ1) is 21.3. The third-order valence-corrected chi connectivity index (χ3v) is 7.28. The van der Waals surface area contributed by atoms with Crippen molar-refractivity contribution in [3.63, 3.8) is 0 Å². The lowest BCUT2D eigenvalue weighted by Crippen LogP contribution is -2.35. The SMILES string of the molecule is O=C(CCn1c(=O)[nH]c2cc(S(=O)(=O)N3CCCCC3)ccc21)Nc1ccc(F)cc1. The number of amides is 1. The number of sulfonamides is 1. The highest BCUT2D eigenvalue weighted by Crippen LogP contribution is 2.23. The number of rotatable bonds is 6. The van der Waals surface area contributed by atoms with E-state index in [0.717, 1.165) is 19.3 Å². The molecule has 0 saturated carbocycles. The first-order valence-corrected chi connectivity index (χ1v) is 11.6. The van der Waals surface area contributed by atoms with Gasteiger partial charge in [0.1, 0.15) is 5.82 Å². The summed E-state index contributed by atoms with van der Waals surface area (Å²) in [7, 11) is -3.61. The Morgan fingerprint density at radius 2 is 1.77 bits per heavy atom. The number of hydrogen-bond acceptors (Lipinski definition) is 4. The molecule has 0 radical (unpaired) electrons. The minimum absolute atomic E-state index is 0.0259. The summed E-state index contributed by atoms with van der Waals surface area (Å²) in [5.74, 6) is -0.720. The van der Waals surface area contributed by atoms with Gasteiger partial charge in [-0.3, -0.25) is 9.36 Å². The average molecular weight is 447 g/mol. The molecule has 1 aliphatic heterocycles. The molecular weight excluding hydrogens is 423 g/mol. The second-order valence-corrected chi connectivity index (χ2v) is 9.47. The summed E-state index contributed by atoms with van der Waals surface area (Å²) in [6, 6.07) is 9.95. The lowest BCUT2D eigenvalue weighted by molar-refractivity contribution is -0.116. The number of fused-ring (bicyclic) bond motifs is 1. The van der Waals surface area contributed by atoms with Gasteiger partial charge in [0.25, 0.3) is 0 Å². The van der Waals surface area contributed by atoms with E-state index in [1.165, 1.54) is 45.3 Å². The molecule has 2 N–H and O–H groups in total. The van der Waals surface area contributed by atoms with Crippen molar-refractivity contribution in [1.29, 1.82) is 0 Å². The van der Waals surface area contributed by atoms with Crippen molar-refractivity contribution in [1.82, 2.24) is 13.9 Å². The van der Waals surface area contributed by atoms with E-state index in [1.54, 1.807) is 6.07 Å². The lowest BCUT2D eigenvalue weighted by Gasteiger charge is -2.25. The van der Waals surface area contributed by atoms with Gasteiger partial charge < -0.3 is 10.3 Å². The van der Waals surface area contributed by atoms with Gasteiger partial charge in [0.15, 0.2) is 0 Å². The van der Waals surface area contributed by atoms with Crippen LogP contribution in [-0.4, -0.2) is 41.3 Å². The van der Waals surface area contributed by atoms with E-state index in [2.05, 4.69) is 10.3 Å². The number of halogens is 1. The summed E-state index contributed by atoms with van der Waals surface area (Å²) in [6.07, 6.45) is 2.73. The molecule has 0 bridgehead atoms. The van der Waals surface area contributed by atoms with Crippen molar-refractivity contribution < 1.29 is 17.6 Å². The van der Waals surface area contributed by atoms with Crippen molar-refractivity contribution in [3.05, 3.63) is 58.8 Å². The Hall–Kier alpha value is -2.98. The van der Waals surface area contributed by atoms with Crippen LogP contribution >= 0.6 is 0 Å². The maximum atomic E-state index is 13.0. The zero-order chi connectivity index (χ0) is 22.0. The Kier molecular flexibility index (Phi) is 5.92. The zero-order valence-corrected chi connectivity index (χ0v) is 17.6. The smallest absolute Gasteiger partial charge is 0.326 e. The second-order valence-electron chi connectivity index (χ2n) is 7.53. The van der Waals surface area contributed by atoms with Crippen molar-refractivity contribution in [3.8, 4) is 0 Å². The van der Waals surface area contributed by atoms with Crippen molar-refractivity contribution in [2.45, 2.75) is 37.1 Å². The highest BCUT2D eigenvalue weighted by molar-refractivity contribution is 7.89. The van der Waals surface area contributed by atoms with E-state index < -0.39 is 21.5 Å². The Morgan fingerprint density at radius 3 is 2.48 bits per heavy atom. The second kappa shape index (κ2) is 8.64. The Morgan fingerprint density at radius 1 is 1.06 bits per heavy atom. The highest BCUT2D eigenvalue weighted by Gasteiger charge is 2.26.